The summed E-state index contributed by atoms with van der Waals surface area (Å²) in [6, 6.07) is 52.7. The Morgan fingerprint density at radius 2 is 0.980 bits per heavy atom. The molecule has 1 saturated heterocycles. The first kappa shape index (κ1) is 71.8. The molecule has 5 aliphatic rings. The minimum atomic E-state index is -1.17. The number of alkyl halides is 3. The van der Waals surface area contributed by atoms with E-state index in [9.17, 15) is 28.8 Å². The number of hydrazone groups is 2. The van der Waals surface area contributed by atoms with Crippen molar-refractivity contribution in [2.75, 3.05) is 94.4 Å². The van der Waals surface area contributed by atoms with Crippen molar-refractivity contribution in [3.05, 3.63) is 193 Å². The van der Waals surface area contributed by atoms with Gasteiger partial charge in [0.1, 0.15) is 57.8 Å². The number of rotatable bonds is 18. The van der Waals surface area contributed by atoms with Crippen molar-refractivity contribution >= 4 is 140 Å². The van der Waals surface area contributed by atoms with Gasteiger partial charge in [-0.05, 0) is 98.2 Å². The largest absolute Gasteiger partial charge is 0.492 e. The molecule has 6 N–H and O–H groups in total. The summed E-state index contributed by atoms with van der Waals surface area (Å²) < 4.78 is 14.3. The number of halogens is 4. The Balaban J connectivity index is 0.000000154. The number of hydrogen-bond donors (Lipinski definition) is 5. The van der Waals surface area contributed by atoms with Crippen molar-refractivity contribution in [1.29, 1.82) is 0 Å². The topological polar surface area (TPSA) is 313 Å². The number of aromatic carboxylic acids is 2. The molecule has 7 heterocycles. The Kier molecular flexibility index (Phi) is 25.6. The third-order valence-electron chi connectivity index (χ3n) is 15.0. The molecule has 5 aliphatic heterocycles. The molecule has 0 aliphatic carbocycles. The Bertz CT molecular complexity index is 4180. The number of amides is 3. The lowest BCUT2D eigenvalue weighted by Crippen LogP contribution is -2.56. The van der Waals surface area contributed by atoms with Crippen LogP contribution in [0.3, 0.4) is 0 Å². The number of carbonyl (C=O) groups is 6. The van der Waals surface area contributed by atoms with Crippen LogP contribution in [0.15, 0.2) is 202 Å². The Morgan fingerprint density at radius 1 is 0.571 bits per heavy atom. The van der Waals surface area contributed by atoms with Crippen molar-refractivity contribution in [3.63, 3.8) is 0 Å². The lowest BCUT2D eigenvalue weighted by molar-refractivity contribution is -0.120. The molecule has 1 fully saturated rings. The molecule has 0 radical (unpaired) electrons. The number of anilines is 6. The molecule has 0 saturated carbocycles. The highest BCUT2D eigenvalue weighted by atomic mass is 35.5. The average molecular weight is 1410 g/mol. The van der Waals surface area contributed by atoms with Gasteiger partial charge in [-0.3, -0.25) is 33.9 Å². The first-order valence-corrected chi connectivity index (χ1v) is 32.7. The Labute approximate surface area is 583 Å². The van der Waals surface area contributed by atoms with Crippen molar-refractivity contribution < 1.29 is 48.5 Å². The number of nitrogen functional groups attached to an aromatic ring is 1. The summed E-state index contributed by atoms with van der Waals surface area (Å²) in [5.41, 5.74) is 10.1. The maximum absolute atomic E-state index is 13.8. The molecule has 8 aromatic rings. The number of carboxylic acids is 2. The van der Waals surface area contributed by atoms with Crippen LogP contribution >= 0.6 is 46.4 Å². The zero-order valence-electron chi connectivity index (χ0n) is 52.9. The Hall–Kier alpha value is -10.5. The van der Waals surface area contributed by atoms with Crippen molar-refractivity contribution in [2.24, 2.45) is 32.0 Å². The van der Waals surface area contributed by atoms with Gasteiger partial charge in [0.05, 0.1) is 78.0 Å². The Morgan fingerprint density at radius 3 is 1.41 bits per heavy atom. The van der Waals surface area contributed by atoms with E-state index in [1.165, 1.54) is 21.8 Å². The predicted octanol–water partition coefficient (Wildman–Crippen LogP) is 9.59. The second-order valence-corrected chi connectivity index (χ2v) is 22.5. The zero-order chi connectivity index (χ0) is 69.7. The van der Waals surface area contributed by atoms with E-state index in [2.05, 4.69) is 35.9 Å². The van der Waals surface area contributed by atoms with E-state index in [1.54, 1.807) is 63.6 Å². The summed E-state index contributed by atoms with van der Waals surface area (Å²) >= 11 is 21.1. The molecule has 98 heavy (non-hydrogen) atoms. The van der Waals surface area contributed by atoms with Crippen molar-refractivity contribution in [1.82, 2.24) is 29.8 Å². The summed E-state index contributed by atoms with van der Waals surface area (Å²) in [5.74, 6) is -1.31. The van der Waals surface area contributed by atoms with Crippen LogP contribution in [0, 0.1) is 11.8 Å². The molecular weight excluding hydrogens is 1340 g/mol. The lowest BCUT2D eigenvalue weighted by atomic mass is 10.0. The quantitative estimate of drug-likeness (QED) is 0.0394. The van der Waals surface area contributed by atoms with Gasteiger partial charge in [0.25, 0.3) is 0 Å². The summed E-state index contributed by atoms with van der Waals surface area (Å²) in [5, 5.41) is 43.7. The second kappa shape index (κ2) is 35.0. The molecular formula is C68H68Cl4N16O10. The minimum Gasteiger partial charge on any atom is -0.492 e. The summed E-state index contributed by atoms with van der Waals surface area (Å²) in [6.07, 6.45) is 5.00. The number of nitrogens with one attached hydrogen (secondary N) is 2. The van der Waals surface area contributed by atoms with E-state index in [1.807, 2.05) is 152 Å². The first-order valence-electron chi connectivity index (χ1n) is 30.7. The fraction of sp³-hybridized carbons (Fsp3) is 0.235. The van der Waals surface area contributed by atoms with Crippen LogP contribution in [-0.4, -0.2) is 170 Å². The average Bonchev–Trinajstić information content (AvgIpc) is 1.47. The van der Waals surface area contributed by atoms with Gasteiger partial charge in [0.2, 0.25) is 23.0 Å². The highest BCUT2D eigenvalue weighted by molar-refractivity contribution is 6.67. The monoisotopic (exact) mass is 1410 g/mol. The maximum atomic E-state index is 13.8. The van der Waals surface area contributed by atoms with Crippen LogP contribution in [0.1, 0.15) is 34.6 Å². The van der Waals surface area contributed by atoms with Crippen LogP contribution in [0.4, 0.5) is 34.4 Å². The predicted molar refractivity (Wildman–Crippen MR) is 381 cm³/mol. The van der Waals surface area contributed by atoms with Gasteiger partial charge in [0, 0.05) is 38.6 Å². The van der Waals surface area contributed by atoms with E-state index in [4.69, 9.17) is 81.8 Å². The van der Waals surface area contributed by atoms with Crippen LogP contribution in [0.25, 0.3) is 11.4 Å². The van der Waals surface area contributed by atoms with Crippen LogP contribution in [0.5, 0.6) is 11.5 Å². The fourth-order valence-electron chi connectivity index (χ4n) is 10.6. The van der Waals surface area contributed by atoms with E-state index in [0.717, 1.165) is 54.8 Å². The number of carboxylic acid groups (broad SMARTS) is 2. The maximum Gasteiger partial charge on any atom is 0.341 e. The summed E-state index contributed by atoms with van der Waals surface area (Å²) in [4.78, 5) is 85.3. The molecule has 0 spiro atoms. The van der Waals surface area contributed by atoms with Gasteiger partial charge in [0.15, 0.2) is 18.1 Å². The normalized spacial score (nSPS) is 17.4. The molecule has 0 bridgehead atoms. The number of amidine groups is 2. The number of carbonyl (C=O) groups excluding carboxylic acids is 4. The summed E-state index contributed by atoms with van der Waals surface area (Å²) in [6.45, 7) is 9.18. The van der Waals surface area contributed by atoms with Crippen LogP contribution in [0.2, 0.25) is 0 Å². The fourth-order valence-corrected chi connectivity index (χ4v) is 10.8. The van der Waals surface area contributed by atoms with Crippen molar-refractivity contribution in [3.8, 4) is 22.9 Å². The standard InChI is InChI=1S/C24H28N6O2.C20H19ClN4O2.C12H10ClN3O3.C10H9N3O2.C2H2Cl2O/c1-2-32-21-11-7-6-10-20(21)29-22(17-28-14-12-25-13-15-28)27-23-19(24(29)31)16-26-30(23)18-8-4-3-5-9-18;1-2-27-17-11-7-6-10-16(17)24-18(12-21)23-19-15(20(24)26)13-22-25(19)14-8-4-3-5-9-14;13-6-10(17)15-11-9(12(18)19)7-14-16(11)8-4-2-1-3-5-8;11-9-8(10(14)15)6-12-13(9)7-4-2-1-3-5-7;3-1-2(4)5/h3-11,16,19,23,25H,2,12-15,17H2,1H3;3-11,13,15,19H,2,12H2,1H3;1-5,7H,6H2,(H,15,17)(H,18,19);1-6H,11H2,(H,14,15);1H2. The van der Waals surface area contributed by atoms with Gasteiger partial charge in [-0.25, -0.2) is 39.0 Å². The number of fused-ring (bicyclic) bond motifs is 2. The lowest BCUT2D eigenvalue weighted by Gasteiger charge is -2.38. The number of benzene rings is 6. The highest BCUT2D eigenvalue weighted by Crippen LogP contribution is 2.39. The first-order chi connectivity index (χ1) is 47.6. The van der Waals surface area contributed by atoms with Gasteiger partial charge in [-0.2, -0.15) is 20.4 Å². The minimum absolute atomic E-state index is 0.0128. The number of para-hydroxylation sites is 8. The molecule has 4 atom stereocenters. The van der Waals surface area contributed by atoms with E-state index in [0.29, 0.717) is 48.5 Å². The number of nitrogens with two attached hydrogens (primary N) is 1. The second-order valence-electron chi connectivity index (χ2n) is 21.3. The van der Waals surface area contributed by atoms with Gasteiger partial charge < -0.3 is 36.1 Å². The number of hydrogen-bond acceptors (Lipinski definition) is 19. The molecule has 13 rings (SSSR count). The molecule has 4 unspecified atom stereocenters. The third-order valence-corrected chi connectivity index (χ3v) is 16.0. The number of aromatic nitrogens is 4. The molecule has 3 amide bonds. The van der Waals surface area contributed by atoms with Gasteiger partial charge in [-0.15, -0.1) is 34.8 Å². The van der Waals surface area contributed by atoms with Crippen LogP contribution < -0.4 is 45.7 Å². The smallest absolute Gasteiger partial charge is 0.341 e. The zero-order valence-corrected chi connectivity index (χ0v) is 55.9. The number of ether oxygens (including phenoxy) is 2. The molecule has 6 aromatic carbocycles. The molecule has 26 nitrogen and oxygen atoms in total. The SMILES string of the molecule is CCOc1ccccc1N1C(=O)C2C=NN(c3ccccc3)C2N=C1CCl.CCOc1ccccc1N1C(=O)C2C=NN(c3ccccc3)C2N=C1CN1CCNCC1.Nc1c(C(=O)O)cnn1-c1ccccc1.O=C(CCl)Nc1c(C(=O)O)cnn1-c1ccccc1.O=C(Cl)CCl. The van der Waals surface area contributed by atoms with E-state index in [-0.39, 0.29) is 58.4 Å². The van der Waals surface area contributed by atoms with Crippen LogP contribution in [-0.2, 0) is 19.2 Å². The van der Waals surface area contributed by atoms with Crippen molar-refractivity contribution in [2.45, 2.75) is 26.2 Å². The summed E-state index contributed by atoms with van der Waals surface area (Å²) in [7, 11) is 0. The van der Waals surface area contributed by atoms with E-state index < -0.39 is 41.1 Å². The molecule has 30 heteroatoms. The highest BCUT2D eigenvalue weighted by Gasteiger charge is 2.47. The number of nitrogens with zero attached hydrogens (tertiary/aromatic N) is 13. The number of aliphatic imine (C=N–C) groups is 2. The van der Waals surface area contributed by atoms with E-state index >= 15 is 0 Å². The van der Waals surface area contributed by atoms with Gasteiger partial charge in [-0.1, -0.05) is 97.1 Å². The van der Waals surface area contributed by atoms with Gasteiger partial charge >= 0.3 is 11.9 Å². The third kappa shape index (κ3) is 17.4. The molecule has 508 valence electrons. The number of piperazine rings is 1. The molecule has 2 aromatic heterocycles.